The summed E-state index contributed by atoms with van der Waals surface area (Å²) in [5.74, 6) is -0.00527. The molecule has 1 saturated heterocycles. The molecule has 1 aromatic heterocycles. The zero-order chi connectivity index (χ0) is 18.7. The Morgan fingerprint density at radius 1 is 1.00 bits per heavy atom. The molecule has 6 nitrogen and oxygen atoms in total. The second kappa shape index (κ2) is 7.56. The molecule has 3 rings (SSSR count). The molecule has 6 heteroatoms. The van der Waals surface area contributed by atoms with Crippen molar-refractivity contribution in [3.63, 3.8) is 0 Å². The molecule has 0 aliphatic carbocycles. The summed E-state index contributed by atoms with van der Waals surface area (Å²) < 4.78 is 1.81. The summed E-state index contributed by atoms with van der Waals surface area (Å²) in [6.45, 7) is 6.12. The average Bonchev–Trinajstić information content (AvgIpc) is 2.91. The smallest absolute Gasteiger partial charge is 0.253 e. The minimum Gasteiger partial charge on any atom is -0.336 e. The standard InChI is InChI=1S/C20H24N4O2/c1-15-18(16(2)22(3)21-15)9-10-19(25)23-11-13-24(14-12-23)20(26)17-7-5-4-6-8-17/h4-10H,11-14H2,1-3H3/b10-9+. The van der Waals surface area contributed by atoms with Crippen LogP contribution in [0.25, 0.3) is 6.08 Å². The fraction of sp³-hybridized carbons (Fsp3) is 0.350. The Morgan fingerprint density at radius 3 is 2.19 bits per heavy atom. The summed E-state index contributed by atoms with van der Waals surface area (Å²) in [6, 6.07) is 9.26. The molecule has 0 bridgehead atoms. The highest BCUT2D eigenvalue weighted by Gasteiger charge is 2.23. The van der Waals surface area contributed by atoms with E-state index in [1.54, 1.807) is 15.9 Å². The predicted molar refractivity (Wildman–Crippen MR) is 101 cm³/mol. The van der Waals surface area contributed by atoms with Crippen molar-refractivity contribution < 1.29 is 9.59 Å². The van der Waals surface area contributed by atoms with Crippen molar-refractivity contribution in [2.75, 3.05) is 26.2 Å². The topological polar surface area (TPSA) is 58.4 Å². The third-order valence-electron chi connectivity index (χ3n) is 4.86. The van der Waals surface area contributed by atoms with E-state index in [0.29, 0.717) is 31.7 Å². The van der Waals surface area contributed by atoms with Crippen LogP contribution in [0.15, 0.2) is 36.4 Å². The van der Waals surface area contributed by atoms with E-state index < -0.39 is 0 Å². The van der Waals surface area contributed by atoms with Gasteiger partial charge >= 0.3 is 0 Å². The average molecular weight is 352 g/mol. The van der Waals surface area contributed by atoms with Gasteiger partial charge in [0.25, 0.3) is 5.91 Å². The molecule has 2 amide bonds. The molecule has 0 saturated carbocycles. The Kier molecular flexibility index (Phi) is 5.21. The number of amides is 2. The molecule has 1 aliphatic rings. The first kappa shape index (κ1) is 17.9. The molecule has 0 spiro atoms. The van der Waals surface area contributed by atoms with Crippen LogP contribution in [0, 0.1) is 13.8 Å². The van der Waals surface area contributed by atoms with Crippen LogP contribution in [-0.4, -0.2) is 57.6 Å². The number of aromatic nitrogens is 2. The van der Waals surface area contributed by atoms with Gasteiger partial charge in [0, 0.05) is 56.1 Å². The normalized spacial score (nSPS) is 14.9. The fourth-order valence-electron chi connectivity index (χ4n) is 3.18. The molecule has 1 aliphatic heterocycles. The van der Waals surface area contributed by atoms with Crippen molar-refractivity contribution in [1.82, 2.24) is 19.6 Å². The van der Waals surface area contributed by atoms with E-state index in [0.717, 1.165) is 17.0 Å². The second-order valence-electron chi connectivity index (χ2n) is 6.52. The van der Waals surface area contributed by atoms with Gasteiger partial charge < -0.3 is 9.80 Å². The lowest BCUT2D eigenvalue weighted by Crippen LogP contribution is -2.50. The van der Waals surface area contributed by atoms with E-state index >= 15 is 0 Å². The molecule has 1 fully saturated rings. The number of carbonyl (C=O) groups excluding carboxylic acids is 2. The molecular weight excluding hydrogens is 328 g/mol. The lowest BCUT2D eigenvalue weighted by molar-refractivity contribution is -0.127. The third-order valence-corrected chi connectivity index (χ3v) is 4.86. The summed E-state index contributed by atoms with van der Waals surface area (Å²) >= 11 is 0. The van der Waals surface area contributed by atoms with Crippen molar-refractivity contribution in [3.05, 3.63) is 58.9 Å². The molecule has 2 aromatic rings. The van der Waals surface area contributed by atoms with Gasteiger partial charge in [0.2, 0.25) is 5.91 Å². The zero-order valence-electron chi connectivity index (χ0n) is 15.5. The Hall–Kier alpha value is -2.89. The van der Waals surface area contributed by atoms with Crippen molar-refractivity contribution in [2.24, 2.45) is 7.05 Å². The van der Waals surface area contributed by atoms with Crippen LogP contribution < -0.4 is 0 Å². The zero-order valence-corrected chi connectivity index (χ0v) is 15.5. The fourth-order valence-corrected chi connectivity index (χ4v) is 3.18. The van der Waals surface area contributed by atoms with Gasteiger partial charge in [-0.15, -0.1) is 0 Å². The quantitative estimate of drug-likeness (QED) is 0.794. The maximum Gasteiger partial charge on any atom is 0.253 e. The number of hydrogen-bond acceptors (Lipinski definition) is 3. The van der Waals surface area contributed by atoms with Crippen LogP contribution in [0.4, 0.5) is 0 Å². The highest BCUT2D eigenvalue weighted by molar-refractivity contribution is 5.95. The van der Waals surface area contributed by atoms with Gasteiger partial charge in [-0.1, -0.05) is 18.2 Å². The van der Waals surface area contributed by atoms with Crippen LogP contribution in [0.1, 0.15) is 27.3 Å². The van der Waals surface area contributed by atoms with Gasteiger partial charge in [0.1, 0.15) is 0 Å². The number of rotatable bonds is 3. The lowest BCUT2D eigenvalue weighted by atomic mass is 10.1. The van der Waals surface area contributed by atoms with Crippen molar-refractivity contribution in [2.45, 2.75) is 13.8 Å². The van der Waals surface area contributed by atoms with E-state index in [1.165, 1.54) is 0 Å². The summed E-state index contributed by atoms with van der Waals surface area (Å²) in [5, 5.41) is 4.36. The van der Waals surface area contributed by atoms with Crippen molar-refractivity contribution >= 4 is 17.9 Å². The maximum absolute atomic E-state index is 12.5. The van der Waals surface area contributed by atoms with E-state index in [1.807, 2.05) is 62.0 Å². The van der Waals surface area contributed by atoms with Gasteiger partial charge in [-0.2, -0.15) is 5.10 Å². The number of carbonyl (C=O) groups is 2. The lowest BCUT2D eigenvalue weighted by Gasteiger charge is -2.34. The monoisotopic (exact) mass is 352 g/mol. The Labute approximate surface area is 153 Å². The summed E-state index contributed by atoms with van der Waals surface area (Å²) in [5.41, 5.74) is 3.62. The maximum atomic E-state index is 12.5. The highest BCUT2D eigenvalue weighted by atomic mass is 16.2. The summed E-state index contributed by atoms with van der Waals surface area (Å²) in [4.78, 5) is 28.5. The molecule has 0 radical (unpaired) electrons. The van der Waals surface area contributed by atoms with E-state index in [4.69, 9.17) is 0 Å². The molecule has 1 aromatic carbocycles. The van der Waals surface area contributed by atoms with Gasteiger partial charge in [-0.05, 0) is 32.1 Å². The van der Waals surface area contributed by atoms with Gasteiger partial charge in [-0.3, -0.25) is 14.3 Å². The number of benzene rings is 1. The summed E-state index contributed by atoms with van der Waals surface area (Å²) in [6.07, 6.45) is 3.44. The molecule has 0 unspecified atom stereocenters. The molecule has 0 N–H and O–H groups in total. The molecule has 2 heterocycles. The SMILES string of the molecule is Cc1nn(C)c(C)c1/C=C/C(=O)N1CCN(C(=O)c2ccccc2)CC1. The largest absolute Gasteiger partial charge is 0.336 e. The predicted octanol–water partition coefficient (Wildman–Crippen LogP) is 2.03. The van der Waals surface area contributed by atoms with Crippen LogP contribution in [-0.2, 0) is 11.8 Å². The van der Waals surface area contributed by atoms with Crippen LogP contribution in [0.2, 0.25) is 0 Å². The number of nitrogens with zero attached hydrogens (tertiary/aromatic N) is 4. The van der Waals surface area contributed by atoms with E-state index in [2.05, 4.69) is 5.10 Å². The van der Waals surface area contributed by atoms with Crippen LogP contribution >= 0.6 is 0 Å². The Morgan fingerprint density at radius 2 is 1.62 bits per heavy atom. The number of aryl methyl sites for hydroxylation is 2. The summed E-state index contributed by atoms with van der Waals surface area (Å²) in [7, 11) is 1.89. The van der Waals surface area contributed by atoms with Crippen molar-refractivity contribution in [3.8, 4) is 0 Å². The first-order valence-corrected chi connectivity index (χ1v) is 8.79. The number of hydrogen-bond donors (Lipinski definition) is 0. The molecule has 136 valence electrons. The van der Waals surface area contributed by atoms with E-state index in [-0.39, 0.29) is 11.8 Å². The second-order valence-corrected chi connectivity index (χ2v) is 6.52. The van der Waals surface area contributed by atoms with Crippen molar-refractivity contribution in [1.29, 1.82) is 0 Å². The van der Waals surface area contributed by atoms with E-state index in [9.17, 15) is 9.59 Å². The van der Waals surface area contributed by atoms with Gasteiger partial charge in [-0.25, -0.2) is 0 Å². The number of piperazine rings is 1. The minimum absolute atomic E-state index is 0.0230. The van der Waals surface area contributed by atoms with Crippen LogP contribution in [0.3, 0.4) is 0 Å². The first-order chi connectivity index (χ1) is 12.5. The first-order valence-electron chi connectivity index (χ1n) is 8.79. The molecule has 26 heavy (non-hydrogen) atoms. The van der Waals surface area contributed by atoms with Crippen LogP contribution in [0.5, 0.6) is 0 Å². The minimum atomic E-state index is -0.0283. The molecule has 0 atom stereocenters. The Bertz CT molecular complexity index is 831. The highest BCUT2D eigenvalue weighted by Crippen LogP contribution is 2.14. The van der Waals surface area contributed by atoms with Gasteiger partial charge in [0.15, 0.2) is 0 Å². The van der Waals surface area contributed by atoms with Gasteiger partial charge in [0.05, 0.1) is 5.69 Å². The Balaban J connectivity index is 1.58. The molecular formula is C20H24N4O2. The third kappa shape index (κ3) is 3.69.